The van der Waals surface area contributed by atoms with Gasteiger partial charge in [-0.25, -0.2) is 0 Å². The smallest absolute Gasteiger partial charge is 0.0662 e. The molecule has 1 N–H and O–H groups in total. The van der Waals surface area contributed by atoms with Gasteiger partial charge in [-0.3, -0.25) is 0 Å². The van der Waals surface area contributed by atoms with Gasteiger partial charge < -0.3 is 10.1 Å². The average Bonchev–Trinajstić information content (AvgIpc) is 2.22. The first kappa shape index (κ1) is 10.7. The highest BCUT2D eigenvalue weighted by Crippen LogP contribution is 2.20. The molecular formula is C13H19NO. The van der Waals surface area contributed by atoms with Crippen LogP contribution in [0.15, 0.2) is 18.2 Å². The zero-order chi connectivity index (χ0) is 10.8. The van der Waals surface area contributed by atoms with Crippen LogP contribution in [0, 0.1) is 13.8 Å². The SMILES string of the molecule is Cc1ccc(C2COCC(C)N2)cc1C. The molecule has 2 heteroatoms. The van der Waals surface area contributed by atoms with E-state index >= 15 is 0 Å². The Morgan fingerprint density at radius 2 is 2.00 bits per heavy atom. The second-order valence-electron chi connectivity index (χ2n) is 4.50. The maximum Gasteiger partial charge on any atom is 0.0662 e. The first-order chi connectivity index (χ1) is 7.16. The fourth-order valence-corrected chi connectivity index (χ4v) is 1.98. The van der Waals surface area contributed by atoms with Crippen molar-refractivity contribution < 1.29 is 4.74 Å². The molecule has 0 saturated carbocycles. The molecule has 0 spiro atoms. The summed E-state index contributed by atoms with van der Waals surface area (Å²) in [5.74, 6) is 0. The molecule has 82 valence electrons. The van der Waals surface area contributed by atoms with Crippen LogP contribution in [0.25, 0.3) is 0 Å². The van der Waals surface area contributed by atoms with E-state index in [0.29, 0.717) is 12.1 Å². The van der Waals surface area contributed by atoms with Crippen molar-refractivity contribution in [3.8, 4) is 0 Å². The topological polar surface area (TPSA) is 21.3 Å². The number of hydrogen-bond donors (Lipinski definition) is 1. The number of ether oxygens (including phenoxy) is 1. The Bertz CT molecular complexity index is 348. The Hall–Kier alpha value is -0.860. The molecular weight excluding hydrogens is 186 g/mol. The maximum atomic E-state index is 5.56. The lowest BCUT2D eigenvalue weighted by molar-refractivity contribution is 0.0504. The van der Waals surface area contributed by atoms with Crippen LogP contribution in [0.2, 0.25) is 0 Å². The van der Waals surface area contributed by atoms with Gasteiger partial charge >= 0.3 is 0 Å². The predicted octanol–water partition coefficient (Wildman–Crippen LogP) is 2.35. The van der Waals surface area contributed by atoms with Crippen molar-refractivity contribution in [2.75, 3.05) is 13.2 Å². The lowest BCUT2D eigenvalue weighted by atomic mass is 10.0. The van der Waals surface area contributed by atoms with Crippen LogP contribution in [0.4, 0.5) is 0 Å². The Labute approximate surface area is 91.6 Å². The van der Waals surface area contributed by atoms with Gasteiger partial charge in [0.1, 0.15) is 0 Å². The average molecular weight is 205 g/mol. The molecule has 0 bridgehead atoms. The fraction of sp³-hybridized carbons (Fsp3) is 0.538. The first-order valence-electron chi connectivity index (χ1n) is 5.58. The molecule has 2 nitrogen and oxygen atoms in total. The van der Waals surface area contributed by atoms with Gasteiger partial charge in [0.2, 0.25) is 0 Å². The Balaban J connectivity index is 2.18. The summed E-state index contributed by atoms with van der Waals surface area (Å²) in [6, 6.07) is 7.44. The van der Waals surface area contributed by atoms with E-state index in [1.165, 1.54) is 16.7 Å². The van der Waals surface area contributed by atoms with Crippen LogP contribution in [0.5, 0.6) is 0 Å². The summed E-state index contributed by atoms with van der Waals surface area (Å²) >= 11 is 0. The second kappa shape index (κ2) is 4.33. The minimum absolute atomic E-state index is 0.355. The molecule has 1 aliphatic heterocycles. The van der Waals surface area contributed by atoms with Gasteiger partial charge in [0, 0.05) is 6.04 Å². The molecule has 0 amide bonds. The minimum atomic E-state index is 0.355. The number of nitrogens with one attached hydrogen (secondary N) is 1. The Morgan fingerprint density at radius 1 is 1.20 bits per heavy atom. The molecule has 2 atom stereocenters. The molecule has 1 fully saturated rings. The van der Waals surface area contributed by atoms with Crippen LogP contribution in [0.1, 0.15) is 29.7 Å². The Kier molecular flexibility index (Phi) is 3.08. The third-order valence-corrected chi connectivity index (χ3v) is 3.07. The zero-order valence-electron chi connectivity index (χ0n) is 9.71. The number of aryl methyl sites for hydroxylation is 2. The van der Waals surface area contributed by atoms with Crippen molar-refractivity contribution in [1.82, 2.24) is 5.32 Å². The standard InChI is InChI=1S/C13H19NO/c1-9-4-5-12(6-10(9)2)13-8-15-7-11(3)14-13/h4-6,11,13-14H,7-8H2,1-3H3. The van der Waals surface area contributed by atoms with Crippen molar-refractivity contribution in [1.29, 1.82) is 0 Å². The van der Waals surface area contributed by atoms with E-state index in [-0.39, 0.29) is 0 Å². The minimum Gasteiger partial charge on any atom is -0.378 e. The summed E-state index contributed by atoms with van der Waals surface area (Å²) in [5.41, 5.74) is 4.04. The molecule has 0 aromatic heterocycles. The van der Waals surface area contributed by atoms with E-state index in [0.717, 1.165) is 13.2 Å². The molecule has 1 aromatic carbocycles. The summed E-state index contributed by atoms with van der Waals surface area (Å²) in [7, 11) is 0. The number of rotatable bonds is 1. The molecule has 2 unspecified atom stereocenters. The predicted molar refractivity (Wildman–Crippen MR) is 62.1 cm³/mol. The number of morpholine rings is 1. The lowest BCUT2D eigenvalue weighted by Crippen LogP contribution is -2.41. The van der Waals surface area contributed by atoms with Crippen molar-refractivity contribution in [3.63, 3.8) is 0 Å². The number of benzene rings is 1. The van der Waals surface area contributed by atoms with Crippen LogP contribution < -0.4 is 5.32 Å². The highest BCUT2D eigenvalue weighted by Gasteiger charge is 2.19. The van der Waals surface area contributed by atoms with Gasteiger partial charge in [0.15, 0.2) is 0 Å². The van der Waals surface area contributed by atoms with E-state index in [1.807, 2.05) is 0 Å². The first-order valence-corrected chi connectivity index (χ1v) is 5.58. The molecule has 0 aliphatic carbocycles. The van der Waals surface area contributed by atoms with Crippen molar-refractivity contribution >= 4 is 0 Å². The largest absolute Gasteiger partial charge is 0.378 e. The van der Waals surface area contributed by atoms with Crippen molar-refractivity contribution in [2.24, 2.45) is 0 Å². The molecule has 15 heavy (non-hydrogen) atoms. The quantitative estimate of drug-likeness (QED) is 0.760. The second-order valence-corrected chi connectivity index (χ2v) is 4.50. The monoisotopic (exact) mass is 205 g/mol. The molecule has 1 heterocycles. The molecule has 0 radical (unpaired) electrons. The van der Waals surface area contributed by atoms with E-state index in [4.69, 9.17) is 4.74 Å². The highest BCUT2D eigenvalue weighted by molar-refractivity contribution is 5.32. The third kappa shape index (κ3) is 2.39. The molecule has 2 rings (SSSR count). The van der Waals surface area contributed by atoms with Crippen molar-refractivity contribution in [2.45, 2.75) is 32.9 Å². The van der Waals surface area contributed by atoms with Crippen molar-refractivity contribution in [3.05, 3.63) is 34.9 Å². The lowest BCUT2D eigenvalue weighted by Gasteiger charge is -2.29. The van der Waals surface area contributed by atoms with Crippen LogP contribution in [-0.4, -0.2) is 19.3 Å². The summed E-state index contributed by atoms with van der Waals surface area (Å²) in [5, 5.41) is 3.55. The normalized spacial score (nSPS) is 26.6. The molecule has 1 saturated heterocycles. The number of hydrogen-bond acceptors (Lipinski definition) is 2. The van der Waals surface area contributed by atoms with Crippen LogP contribution in [-0.2, 0) is 4.74 Å². The van der Waals surface area contributed by atoms with Gasteiger partial charge in [-0.05, 0) is 37.5 Å². The van der Waals surface area contributed by atoms with Gasteiger partial charge in [-0.1, -0.05) is 18.2 Å². The van der Waals surface area contributed by atoms with Gasteiger partial charge in [-0.2, -0.15) is 0 Å². The van der Waals surface area contributed by atoms with E-state index in [1.54, 1.807) is 0 Å². The third-order valence-electron chi connectivity index (χ3n) is 3.07. The summed E-state index contributed by atoms with van der Waals surface area (Å²) in [6.45, 7) is 8.07. The highest BCUT2D eigenvalue weighted by atomic mass is 16.5. The fourth-order valence-electron chi connectivity index (χ4n) is 1.98. The van der Waals surface area contributed by atoms with E-state index < -0.39 is 0 Å². The van der Waals surface area contributed by atoms with Crippen LogP contribution >= 0.6 is 0 Å². The Morgan fingerprint density at radius 3 is 2.67 bits per heavy atom. The van der Waals surface area contributed by atoms with Crippen LogP contribution in [0.3, 0.4) is 0 Å². The maximum absolute atomic E-state index is 5.56. The van der Waals surface area contributed by atoms with Gasteiger partial charge in [-0.15, -0.1) is 0 Å². The zero-order valence-corrected chi connectivity index (χ0v) is 9.71. The van der Waals surface area contributed by atoms with E-state index in [2.05, 4.69) is 44.3 Å². The summed E-state index contributed by atoms with van der Waals surface area (Å²) in [4.78, 5) is 0. The molecule has 1 aromatic rings. The summed E-state index contributed by atoms with van der Waals surface area (Å²) < 4.78 is 5.56. The summed E-state index contributed by atoms with van der Waals surface area (Å²) in [6.07, 6.45) is 0. The molecule has 1 aliphatic rings. The van der Waals surface area contributed by atoms with Gasteiger partial charge in [0.05, 0.1) is 19.3 Å². The van der Waals surface area contributed by atoms with E-state index in [9.17, 15) is 0 Å². The van der Waals surface area contributed by atoms with Gasteiger partial charge in [0.25, 0.3) is 0 Å².